The molecule has 0 aromatic heterocycles. The predicted molar refractivity (Wildman–Crippen MR) is 63.2 cm³/mol. The first-order chi connectivity index (χ1) is 7.14. The van der Waals surface area contributed by atoms with Crippen LogP contribution in [0, 0.1) is 0 Å². The molecule has 88 valence electrons. The number of Topliss-reactive ketones (excluding diaryl/α,β-unsaturated/α-hetero) is 1. The molecule has 0 aliphatic heterocycles. The van der Waals surface area contributed by atoms with Gasteiger partial charge in [-0.1, -0.05) is 0 Å². The van der Waals surface area contributed by atoms with Gasteiger partial charge < -0.3 is 0 Å². The molecular formula is C10H19O3PSe. The second-order valence-corrected chi connectivity index (χ2v) is 9.03. The van der Waals surface area contributed by atoms with E-state index in [-0.39, 0.29) is 5.66 Å². The van der Waals surface area contributed by atoms with Gasteiger partial charge in [0.1, 0.15) is 0 Å². The van der Waals surface area contributed by atoms with Crippen LogP contribution in [-0.4, -0.2) is 39.8 Å². The molecule has 0 radical (unpaired) electrons. The number of rotatable bonds is 5. The van der Waals surface area contributed by atoms with Gasteiger partial charge in [0.15, 0.2) is 0 Å². The summed E-state index contributed by atoms with van der Waals surface area (Å²) < 4.78 is 11.4. The van der Waals surface area contributed by atoms with Gasteiger partial charge >= 0.3 is 99.1 Å². The first-order valence-corrected chi connectivity index (χ1v) is 9.46. The molecule has 1 atom stereocenters. The van der Waals surface area contributed by atoms with Gasteiger partial charge in [-0.05, 0) is 0 Å². The van der Waals surface area contributed by atoms with Crippen molar-refractivity contribution in [3.8, 4) is 0 Å². The normalized spacial score (nSPS) is 23.1. The number of hydrogen-bond donors (Lipinski definition) is 0. The molecule has 0 spiro atoms. The fourth-order valence-corrected chi connectivity index (χ4v) is 6.74. The Morgan fingerprint density at radius 1 is 1.33 bits per heavy atom. The summed E-state index contributed by atoms with van der Waals surface area (Å²) in [5.41, 5.74) is -0.0221. The summed E-state index contributed by atoms with van der Waals surface area (Å²) in [7, 11) is 0. The number of hydrogen-bond acceptors (Lipinski definition) is 3. The standard InChI is InChI=1S/C10H19O3PSe/c1-3-12-14(15,13-4-2)10-8-6-5-7-9(10)11/h10H,3-8H2,1-2H3. The van der Waals surface area contributed by atoms with Crippen LogP contribution in [0.1, 0.15) is 39.5 Å². The van der Waals surface area contributed by atoms with Crippen LogP contribution < -0.4 is 0 Å². The van der Waals surface area contributed by atoms with Crippen molar-refractivity contribution >= 4 is 26.8 Å². The molecule has 0 saturated heterocycles. The number of carbonyl (C=O) groups excluding carboxylic acids is 1. The van der Waals surface area contributed by atoms with Crippen LogP contribution in [0.15, 0.2) is 0 Å². The van der Waals surface area contributed by atoms with Gasteiger partial charge in [-0.3, -0.25) is 0 Å². The Labute approximate surface area is 99.3 Å². The molecule has 1 aliphatic rings. The molecule has 1 unspecified atom stereocenters. The van der Waals surface area contributed by atoms with Crippen molar-refractivity contribution in [3.63, 3.8) is 0 Å². The Morgan fingerprint density at radius 2 is 1.93 bits per heavy atom. The molecule has 0 N–H and O–H groups in total. The molecule has 0 bridgehead atoms. The SMILES string of the molecule is CCOP(=[Se])(OCC)C1CCCCC1=O. The summed E-state index contributed by atoms with van der Waals surface area (Å²) >= 11 is 3.04. The number of ketones is 1. The third-order valence-corrected chi connectivity index (χ3v) is 8.00. The topological polar surface area (TPSA) is 35.5 Å². The van der Waals surface area contributed by atoms with Crippen molar-refractivity contribution in [2.75, 3.05) is 13.2 Å². The molecule has 5 heteroatoms. The Morgan fingerprint density at radius 3 is 2.40 bits per heavy atom. The summed E-state index contributed by atoms with van der Waals surface area (Å²) in [6.07, 6.45) is 3.74. The van der Waals surface area contributed by atoms with Gasteiger partial charge in [-0.2, -0.15) is 0 Å². The quantitative estimate of drug-likeness (QED) is 0.578. The van der Waals surface area contributed by atoms with E-state index in [0.717, 1.165) is 19.3 Å². The van der Waals surface area contributed by atoms with Crippen LogP contribution in [0.2, 0.25) is 0 Å². The van der Waals surface area contributed by atoms with Crippen molar-refractivity contribution in [1.82, 2.24) is 0 Å². The molecule has 3 nitrogen and oxygen atoms in total. The molecule has 0 amide bonds. The zero-order valence-corrected chi connectivity index (χ0v) is 12.0. The van der Waals surface area contributed by atoms with Crippen molar-refractivity contribution in [3.05, 3.63) is 0 Å². The van der Waals surface area contributed by atoms with E-state index in [1.807, 2.05) is 13.8 Å². The van der Waals surface area contributed by atoms with Crippen LogP contribution in [0.3, 0.4) is 0 Å². The molecule has 0 heterocycles. The first-order valence-electron chi connectivity index (χ1n) is 5.55. The summed E-state index contributed by atoms with van der Waals surface area (Å²) in [4.78, 5) is 11.8. The van der Waals surface area contributed by atoms with Gasteiger partial charge in [-0.25, -0.2) is 0 Å². The van der Waals surface area contributed by atoms with Gasteiger partial charge in [-0.15, -0.1) is 0 Å². The van der Waals surface area contributed by atoms with Gasteiger partial charge in [0.05, 0.1) is 0 Å². The summed E-state index contributed by atoms with van der Waals surface area (Å²) in [6.45, 7) is 5.09. The monoisotopic (exact) mass is 298 g/mol. The Balaban J connectivity index is 2.77. The minimum atomic E-state index is -2.08. The van der Waals surface area contributed by atoms with E-state index < -0.39 is 5.96 Å². The van der Waals surface area contributed by atoms with Gasteiger partial charge in [0.2, 0.25) is 0 Å². The fraction of sp³-hybridized carbons (Fsp3) is 0.900. The molecule has 1 rings (SSSR count). The van der Waals surface area contributed by atoms with E-state index >= 15 is 0 Å². The second kappa shape index (κ2) is 6.32. The van der Waals surface area contributed by atoms with Gasteiger partial charge in [0, 0.05) is 0 Å². The van der Waals surface area contributed by atoms with Crippen LogP contribution in [0.4, 0.5) is 0 Å². The van der Waals surface area contributed by atoms with Crippen LogP contribution in [0.25, 0.3) is 0 Å². The Kier molecular flexibility index (Phi) is 5.73. The predicted octanol–water partition coefficient (Wildman–Crippen LogP) is 2.50. The zero-order valence-electron chi connectivity index (χ0n) is 9.40. The Bertz CT molecular complexity index is 257. The van der Waals surface area contributed by atoms with Crippen LogP contribution in [0.5, 0.6) is 0 Å². The van der Waals surface area contributed by atoms with E-state index in [1.54, 1.807) is 0 Å². The minimum absolute atomic E-state index is 0.0221. The third kappa shape index (κ3) is 3.50. The Hall–Kier alpha value is 0.539. The average Bonchev–Trinajstić information content (AvgIpc) is 2.19. The van der Waals surface area contributed by atoms with E-state index in [0.29, 0.717) is 25.4 Å². The molecule has 0 aromatic rings. The maximum absolute atomic E-state index is 11.8. The van der Waals surface area contributed by atoms with Crippen molar-refractivity contribution in [2.45, 2.75) is 45.2 Å². The molecule has 0 aromatic carbocycles. The summed E-state index contributed by atoms with van der Waals surface area (Å²) in [5.74, 6) is -1.76. The maximum atomic E-state index is 11.8. The first kappa shape index (κ1) is 13.6. The van der Waals surface area contributed by atoms with Crippen molar-refractivity contribution in [1.29, 1.82) is 0 Å². The van der Waals surface area contributed by atoms with E-state index in [4.69, 9.17) is 9.05 Å². The molecule has 1 aliphatic carbocycles. The molecule has 1 saturated carbocycles. The van der Waals surface area contributed by atoms with E-state index in [9.17, 15) is 4.79 Å². The summed E-state index contributed by atoms with van der Waals surface area (Å²) in [5, 5.41) is 0. The number of carbonyl (C=O) groups is 1. The van der Waals surface area contributed by atoms with Crippen molar-refractivity contribution in [2.24, 2.45) is 0 Å². The zero-order chi connectivity index (χ0) is 11.3. The van der Waals surface area contributed by atoms with Crippen LogP contribution >= 0.6 is 5.96 Å². The summed E-state index contributed by atoms with van der Waals surface area (Å²) in [6, 6.07) is 0. The second-order valence-electron chi connectivity index (χ2n) is 3.60. The van der Waals surface area contributed by atoms with Gasteiger partial charge in [0.25, 0.3) is 0 Å². The molecule has 15 heavy (non-hydrogen) atoms. The average molecular weight is 297 g/mol. The molecular weight excluding hydrogens is 278 g/mol. The van der Waals surface area contributed by atoms with E-state index in [1.165, 1.54) is 0 Å². The fourth-order valence-electron chi connectivity index (χ4n) is 1.88. The van der Waals surface area contributed by atoms with E-state index in [2.05, 4.69) is 15.1 Å². The molecule has 1 fully saturated rings. The third-order valence-electron chi connectivity index (χ3n) is 2.52. The van der Waals surface area contributed by atoms with Crippen LogP contribution in [-0.2, 0) is 13.8 Å². The van der Waals surface area contributed by atoms with Crippen molar-refractivity contribution < 1.29 is 13.8 Å².